The van der Waals surface area contributed by atoms with Crippen LogP contribution in [0, 0.1) is 0 Å². The summed E-state index contributed by atoms with van der Waals surface area (Å²) in [5.74, 6) is 1.30. The molecular weight excluding hydrogens is 491 g/mol. The molecule has 0 aliphatic carbocycles. The first-order valence-corrected chi connectivity index (χ1v) is 8.96. The number of benzene rings is 2. The molecule has 28 heavy (non-hydrogen) atoms. The first-order valence-electron chi connectivity index (χ1n) is 8.58. The lowest BCUT2D eigenvalue weighted by Crippen LogP contribution is -2.43. The Hall–Kier alpha value is -2.00. The fourth-order valence-corrected chi connectivity index (χ4v) is 2.70. The zero-order chi connectivity index (χ0) is 19.6. The van der Waals surface area contributed by atoms with Gasteiger partial charge in [0.15, 0.2) is 5.96 Å². The van der Waals surface area contributed by atoms with Crippen molar-refractivity contribution in [2.24, 2.45) is 4.99 Å². The van der Waals surface area contributed by atoms with Crippen LogP contribution in [0.3, 0.4) is 0 Å². The molecule has 0 aromatic heterocycles. The fourth-order valence-electron chi connectivity index (χ4n) is 2.51. The molecule has 0 heterocycles. The third-order valence-corrected chi connectivity index (χ3v) is 4.36. The Morgan fingerprint density at radius 3 is 2.43 bits per heavy atom. The largest absolute Gasteiger partial charge is 0.497 e. The van der Waals surface area contributed by atoms with Crippen LogP contribution in [0.1, 0.15) is 11.1 Å². The van der Waals surface area contributed by atoms with Crippen molar-refractivity contribution >= 4 is 47.4 Å². The van der Waals surface area contributed by atoms with Crippen LogP contribution >= 0.6 is 35.6 Å². The van der Waals surface area contributed by atoms with Gasteiger partial charge in [-0.15, -0.1) is 24.0 Å². The first-order chi connectivity index (χ1) is 13.0. The summed E-state index contributed by atoms with van der Waals surface area (Å²) in [6.07, 6.45) is 0. The lowest BCUT2D eigenvalue weighted by molar-refractivity contribution is -0.120. The van der Waals surface area contributed by atoms with E-state index in [2.05, 4.69) is 15.6 Å². The molecule has 1 amide bonds. The van der Waals surface area contributed by atoms with Crippen molar-refractivity contribution in [2.45, 2.75) is 13.1 Å². The molecule has 0 radical (unpaired) electrons. The third-order valence-electron chi connectivity index (χ3n) is 3.99. The van der Waals surface area contributed by atoms with Crippen LogP contribution in [0.15, 0.2) is 53.5 Å². The lowest BCUT2D eigenvalue weighted by atomic mass is 10.2. The molecule has 0 aliphatic rings. The third kappa shape index (κ3) is 7.55. The SMILES string of the molecule is CN=C(NCC(=O)NCc1ccc(OC)cc1)N(C)Cc1ccccc1Cl.I. The molecule has 8 heteroatoms. The number of carbonyl (C=O) groups excluding carboxylic acids is 1. The Morgan fingerprint density at radius 2 is 1.82 bits per heavy atom. The summed E-state index contributed by atoms with van der Waals surface area (Å²) in [7, 11) is 5.20. The highest BCUT2D eigenvalue weighted by Crippen LogP contribution is 2.16. The Bertz CT molecular complexity index is 784. The number of guanidine groups is 1. The van der Waals surface area contributed by atoms with Crippen LogP contribution in [-0.2, 0) is 17.9 Å². The Morgan fingerprint density at radius 1 is 1.14 bits per heavy atom. The van der Waals surface area contributed by atoms with E-state index >= 15 is 0 Å². The number of nitrogens with one attached hydrogen (secondary N) is 2. The second kappa shape index (κ2) is 12.5. The summed E-state index contributed by atoms with van der Waals surface area (Å²) < 4.78 is 5.12. The summed E-state index contributed by atoms with van der Waals surface area (Å²) in [5.41, 5.74) is 2.00. The molecule has 2 aromatic carbocycles. The molecule has 0 aliphatic heterocycles. The highest BCUT2D eigenvalue weighted by Gasteiger charge is 2.10. The van der Waals surface area contributed by atoms with Crippen LogP contribution < -0.4 is 15.4 Å². The Kier molecular flexibility index (Phi) is 10.7. The number of nitrogens with zero attached hydrogens (tertiary/aromatic N) is 2. The zero-order valence-corrected chi connectivity index (χ0v) is 19.3. The van der Waals surface area contributed by atoms with E-state index in [1.165, 1.54) is 0 Å². The molecule has 0 saturated heterocycles. The van der Waals surface area contributed by atoms with Crippen molar-refractivity contribution in [1.29, 1.82) is 0 Å². The van der Waals surface area contributed by atoms with Crippen LogP contribution in [0.2, 0.25) is 5.02 Å². The van der Waals surface area contributed by atoms with Crippen molar-refractivity contribution in [2.75, 3.05) is 27.7 Å². The average Bonchev–Trinajstić information content (AvgIpc) is 2.69. The van der Waals surface area contributed by atoms with Gasteiger partial charge in [-0.1, -0.05) is 41.9 Å². The smallest absolute Gasteiger partial charge is 0.239 e. The van der Waals surface area contributed by atoms with Crippen molar-refractivity contribution in [3.05, 3.63) is 64.7 Å². The number of halogens is 2. The number of aliphatic imine (C=N–C) groups is 1. The molecule has 2 N–H and O–H groups in total. The maximum atomic E-state index is 12.1. The van der Waals surface area contributed by atoms with Gasteiger partial charge in [0, 0.05) is 32.2 Å². The highest BCUT2D eigenvalue weighted by molar-refractivity contribution is 14.0. The summed E-state index contributed by atoms with van der Waals surface area (Å²) in [5, 5.41) is 6.65. The van der Waals surface area contributed by atoms with E-state index in [0.717, 1.165) is 16.9 Å². The molecular formula is C20H26ClIN4O2. The normalized spacial score (nSPS) is 10.6. The van der Waals surface area contributed by atoms with Gasteiger partial charge in [-0.2, -0.15) is 0 Å². The molecule has 0 unspecified atom stereocenters. The first kappa shape index (κ1) is 24.0. The van der Waals surface area contributed by atoms with E-state index in [-0.39, 0.29) is 36.4 Å². The van der Waals surface area contributed by atoms with Gasteiger partial charge in [-0.05, 0) is 29.3 Å². The minimum Gasteiger partial charge on any atom is -0.497 e. The number of carbonyl (C=O) groups is 1. The van der Waals surface area contributed by atoms with Gasteiger partial charge in [0.2, 0.25) is 5.91 Å². The lowest BCUT2D eigenvalue weighted by Gasteiger charge is -2.22. The monoisotopic (exact) mass is 516 g/mol. The quantitative estimate of drug-likeness (QED) is 0.337. The summed E-state index contributed by atoms with van der Waals surface area (Å²) in [6.45, 7) is 1.18. The number of amides is 1. The van der Waals surface area contributed by atoms with E-state index in [9.17, 15) is 4.79 Å². The van der Waals surface area contributed by atoms with Crippen LogP contribution in [0.5, 0.6) is 5.75 Å². The van der Waals surface area contributed by atoms with Gasteiger partial charge in [0.1, 0.15) is 5.75 Å². The fraction of sp³-hybridized carbons (Fsp3) is 0.300. The van der Waals surface area contributed by atoms with Crippen molar-refractivity contribution < 1.29 is 9.53 Å². The number of methoxy groups -OCH3 is 1. The summed E-state index contributed by atoms with van der Waals surface area (Å²) in [6, 6.07) is 15.2. The van der Waals surface area contributed by atoms with Gasteiger partial charge in [-0.25, -0.2) is 0 Å². The zero-order valence-electron chi connectivity index (χ0n) is 16.2. The van der Waals surface area contributed by atoms with Gasteiger partial charge < -0.3 is 20.3 Å². The highest BCUT2D eigenvalue weighted by atomic mass is 127. The second-order valence-corrected chi connectivity index (χ2v) is 6.38. The summed E-state index contributed by atoms with van der Waals surface area (Å²) in [4.78, 5) is 18.2. The van der Waals surface area contributed by atoms with Crippen molar-refractivity contribution in [1.82, 2.24) is 15.5 Å². The number of ether oxygens (including phenoxy) is 1. The van der Waals surface area contributed by atoms with E-state index in [1.54, 1.807) is 14.2 Å². The minimum atomic E-state index is -0.113. The second-order valence-electron chi connectivity index (χ2n) is 5.97. The number of rotatable bonds is 7. The molecule has 0 fully saturated rings. The number of hydrogen-bond acceptors (Lipinski definition) is 3. The van der Waals surface area contributed by atoms with E-state index < -0.39 is 0 Å². The van der Waals surface area contributed by atoms with Crippen LogP contribution in [0.25, 0.3) is 0 Å². The van der Waals surface area contributed by atoms with Crippen LogP contribution in [-0.4, -0.2) is 44.5 Å². The molecule has 0 atom stereocenters. The number of hydrogen-bond donors (Lipinski definition) is 2. The Labute approximate surface area is 188 Å². The molecule has 0 saturated carbocycles. The molecule has 2 rings (SSSR count). The van der Waals surface area contributed by atoms with E-state index in [0.29, 0.717) is 24.1 Å². The van der Waals surface area contributed by atoms with Crippen LogP contribution in [0.4, 0.5) is 0 Å². The van der Waals surface area contributed by atoms with Gasteiger partial charge in [0.25, 0.3) is 0 Å². The van der Waals surface area contributed by atoms with Gasteiger partial charge in [0.05, 0.1) is 13.7 Å². The van der Waals surface area contributed by atoms with Crippen molar-refractivity contribution in [3.8, 4) is 5.75 Å². The molecule has 0 bridgehead atoms. The average molecular weight is 517 g/mol. The van der Waals surface area contributed by atoms with Gasteiger partial charge in [-0.3, -0.25) is 9.79 Å². The predicted octanol–water partition coefficient (Wildman–Crippen LogP) is 3.29. The minimum absolute atomic E-state index is 0. The predicted molar refractivity (Wildman–Crippen MR) is 125 cm³/mol. The molecule has 0 spiro atoms. The maximum Gasteiger partial charge on any atom is 0.239 e. The summed E-state index contributed by atoms with van der Waals surface area (Å²) >= 11 is 6.20. The molecule has 2 aromatic rings. The molecule has 6 nitrogen and oxygen atoms in total. The maximum absolute atomic E-state index is 12.1. The van der Waals surface area contributed by atoms with Crippen molar-refractivity contribution in [3.63, 3.8) is 0 Å². The van der Waals surface area contributed by atoms with E-state index in [1.807, 2.05) is 60.5 Å². The standard InChI is InChI=1S/C20H25ClN4O2.HI/c1-22-20(25(2)14-16-6-4-5-7-18(16)21)24-13-19(26)23-12-15-8-10-17(27-3)11-9-15;/h4-11H,12-14H2,1-3H3,(H,22,24)(H,23,26);1H. The molecule has 152 valence electrons. The van der Waals surface area contributed by atoms with E-state index in [4.69, 9.17) is 16.3 Å². The topological polar surface area (TPSA) is 66.0 Å². The Balaban J connectivity index is 0.00000392. The van der Waals surface area contributed by atoms with Gasteiger partial charge >= 0.3 is 0 Å².